The van der Waals surface area contributed by atoms with Crippen LogP contribution in [0.25, 0.3) is 10.9 Å². The number of rotatable bonds is 8. The molecule has 33 heavy (non-hydrogen) atoms. The summed E-state index contributed by atoms with van der Waals surface area (Å²) in [4.78, 5) is 11.1. The van der Waals surface area contributed by atoms with Crippen molar-refractivity contribution >= 4 is 16.9 Å². The Morgan fingerprint density at radius 3 is 2.55 bits per heavy atom. The van der Waals surface area contributed by atoms with Crippen LogP contribution in [0.15, 0.2) is 79.0 Å². The number of halogens is 1. The third kappa shape index (κ3) is 5.42. The third-order valence-electron chi connectivity index (χ3n) is 5.51. The van der Waals surface area contributed by atoms with Gasteiger partial charge >= 0.3 is 5.97 Å². The normalized spacial score (nSPS) is 11.6. The van der Waals surface area contributed by atoms with Gasteiger partial charge in [0.15, 0.2) is 0 Å². The summed E-state index contributed by atoms with van der Waals surface area (Å²) in [6.45, 7) is 2.48. The fraction of sp³-hybridized carbons (Fsp3) is 0.179. The molecule has 0 spiro atoms. The predicted octanol–water partition coefficient (Wildman–Crippen LogP) is 5.99. The summed E-state index contributed by atoms with van der Waals surface area (Å²) in [5.41, 5.74) is 3.40. The number of benzene rings is 3. The molecule has 1 unspecified atom stereocenters. The van der Waals surface area contributed by atoms with E-state index in [1.807, 2.05) is 36.5 Å². The van der Waals surface area contributed by atoms with Gasteiger partial charge in [-0.3, -0.25) is 4.79 Å². The molecule has 166 valence electrons. The minimum absolute atomic E-state index is 0.0606. The number of aromatic nitrogens is 1. The summed E-state index contributed by atoms with van der Waals surface area (Å²) in [6.07, 6.45) is 1.90. The molecule has 1 heterocycles. The molecule has 1 aromatic heterocycles. The van der Waals surface area contributed by atoms with Crippen molar-refractivity contribution in [3.05, 3.63) is 102 Å². The molecule has 5 heteroatoms. The highest BCUT2D eigenvalue weighted by Crippen LogP contribution is 2.25. The lowest BCUT2D eigenvalue weighted by Gasteiger charge is -2.12. The summed E-state index contributed by atoms with van der Waals surface area (Å²) in [5.74, 6) is 4.71. The molecule has 0 aliphatic carbocycles. The molecule has 0 amide bonds. The van der Waals surface area contributed by atoms with E-state index in [0.717, 1.165) is 16.5 Å². The highest BCUT2D eigenvalue weighted by atomic mass is 19.1. The molecule has 0 aliphatic rings. The summed E-state index contributed by atoms with van der Waals surface area (Å²) in [6, 6.07) is 22.5. The van der Waals surface area contributed by atoms with Crippen molar-refractivity contribution in [2.24, 2.45) is 0 Å². The summed E-state index contributed by atoms with van der Waals surface area (Å²) in [7, 11) is 0. The van der Waals surface area contributed by atoms with Crippen LogP contribution in [0.3, 0.4) is 0 Å². The van der Waals surface area contributed by atoms with Crippen molar-refractivity contribution in [2.45, 2.75) is 32.4 Å². The Balaban J connectivity index is 1.49. The molecule has 1 N–H and O–H groups in total. The van der Waals surface area contributed by atoms with Crippen LogP contribution in [0.2, 0.25) is 0 Å². The van der Waals surface area contributed by atoms with Gasteiger partial charge in [-0.05, 0) is 48.4 Å². The lowest BCUT2D eigenvalue weighted by molar-refractivity contribution is -0.137. The van der Waals surface area contributed by atoms with E-state index in [2.05, 4.69) is 28.5 Å². The van der Waals surface area contributed by atoms with Crippen molar-refractivity contribution in [2.75, 3.05) is 0 Å². The topological polar surface area (TPSA) is 51.5 Å². The maximum absolute atomic E-state index is 14.7. The minimum atomic E-state index is -0.897. The second-order valence-electron chi connectivity index (χ2n) is 7.83. The Morgan fingerprint density at radius 1 is 1.09 bits per heavy atom. The molecule has 4 aromatic rings. The fourth-order valence-corrected chi connectivity index (χ4v) is 3.84. The summed E-state index contributed by atoms with van der Waals surface area (Å²) in [5, 5.41) is 9.94. The molecular formula is C28H24FNO3. The van der Waals surface area contributed by atoms with Crippen molar-refractivity contribution in [1.29, 1.82) is 0 Å². The van der Waals surface area contributed by atoms with Gasteiger partial charge in [0.25, 0.3) is 0 Å². The van der Waals surface area contributed by atoms with Crippen LogP contribution in [-0.2, 0) is 17.9 Å². The van der Waals surface area contributed by atoms with Gasteiger partial charge in [-0.25, -0.2) is 4.39 Å². The molecule has 3 aromatic carbocycles. The minimum Gasteiger partial charge on any atom is -0.489 e. The molecule has 0 radical (unpaired) electrons. The van der Waals surface area contributed by atoms with E-state index in [9.17, 15) is 9.18 Å². The van der Waals surface area contributed by atoms with E-state index in [0.29, 0.717) is 17.9 Å². The molecule has 0 fully saturated rings. The highest BCUT2D eigenvalue weighted by Gasteiger charge is 2.14. The Labute approximate surface area is 192 Å². The van der Waals surface area contributed by atoms with Gasteiger partial charge in [0.2, 0.25) is 0 Å². The number of ether oxygens (including phenoxy) is 1. The van der Waals surface area contributed by atoms with E-state index in [1.54, 1.807) is 37.3 Å². The first kappa shape index (κ1) is 22.2. The van der Waals surface area contributed by atoms with Crippen LogP contribution >= 0.6 is 0 Å². The maximum atomic E-state index is 14.7. The zero-order valence-corrected chi connectivity index (χ0v) is 18.3. The molecule has 4 rings (SSSR count). The number of hydrogen-bond acceptors (Lipinski definition) is 2. The van der Waals surface area contributed by atoms with Crippen LogP contribution in [0.4, 0.5) is 4.39 Å². The van der Waals surface area contributed by atoms with Gasteiger partial charge in [0.1, 0.15) is 18.2 Å². The van der Waals surface area contributed by atoms with E-state index in [4.69, 9.17) is 9.84 Å². The number of aliphatic carboxylic acids is 1. The number of fused-ring (bicyclic) bond motifs is 1. The second kappa shape index (κ2) is 10.1. The number of carboxylic acids is 1. The highest BCUT2D eigenvalue weighted by molar-refractivity contribution is 5.81. The quantitative estimate of drug-likeness (QED) is 0.342. The van der Waals surface area contributed by atoms with Gasteiger partial charge in [0, 0.05) is 29.2 Å². The Hall–Kier alpha value is -4.04. The Kier molecular flexibility index (Phi) is 6.75. The first-order valence-corrected chi connectivity index (χ1v) is 10.7. The molecule has 0 saturated carbocycles. The van der Waals surface area contributed by atoms with Crippen molar-refractivity contribution < 1.29 is 19.0 Å². The number of carbonyl (C=O) groups is 1. The van der Waals surface area contributed by atoms with Gasteiger partial charge < -0.3 is 14.4 Å². The molecule has 0 bridgehead atoms. The van der Waals surface area contributed by atoms with E-state index in [1.165, 1.54) is 5.56 Å². The average Bonchev–Trinajstić information content (AvgIpc) is 3.19. The van der Waals surface area contributed by atoms with Crippen LogP contribution in [0.5, 0.6) is 5.75 Å². The van der Waals surface area contributed by atoms with E-state index < -0.39 is 5.97 Å². The van der Waals surface area contributed by atoms with E-state index >= 15 is 0 Å². The average molecular weight is 442 g/mol. The second-order valence-corrected chi connectivity index (χ2v) is 7.83. The SMILES string of the molecule is CC#CC(CC(=O)O)c1ccc(OCc2cc3c(ccn3Cc3ccccc3)cc2F)cc1. The van der Waals surface area contributed by atoms with Gasteiger partial charge in [-0.2, -0.15) is 0 Å². The Morgan fingerprint density at radius 2 is 1.85 bits per heavy atom. The van der Waals surface area contributed by atoms with Crippen LogP contribution in [0, 0.1) is 17.7 Å². The van der Waals surface area contributed by atoms with Crippen LogP contribution in [-0.4, -0.2) is 15.6 Å². The standard InChI is InChI=1S/C28H24FNO3/c1-2-6-22(17-28(31)32)21-9-11-25(12-10-21)33-19-24-16-27-23(15-26(24)29)13-14-30(27)18-20-7-4-3-5-8-20/h3-5,7-16,22H,17-19H2,1H3,(H,31,32). The molecule has 1 atom stereocenters. The van der Waals surface area contributed by atoms with Crippen LogP contribution in [0.1, 0.15) is 36.0 Å². The molecule has 4 nitrogen and oxygen atoms in total. The lowest BCUT2D eigenvalue weighted by atomic mass is 9.96. The number of nitrogens with zero attached hydrogens (tertiary/aromatic N) is 1. The largest absolute Gasteiger partial charge is 0.489 e. The van der Waals surface area contributed by atoms with Crippen molar-refractivity contribution in [3.8, 4) is 17.6 Å². The van der Waals surface area contributed by atoms with Crippen molar-refractivity contribution in [1.82, 2.24) is 4.57 Å². The number of carboxylic acid groups (broad SMARTS) is 1. The van der Waals surface area contributed by atoms with Gasteiger partial charge in [0.05, 0.1) is 12.3 Å². The maximum Gasteiger partial charge on any atom is 0.304 e. The third-order valence-corrected chi connectivity index (χ3v) is 5.51. The van der Waals surface area contributed by atoms with Crippen molar-refractivity contribution in [3.63, 3.8) is 0 Å². The summed E-state index contributed by atoms with van der Waals surface area (Å²) < 4.78 is 22.6. The zero-order chi connectivity index (χ0) is 23.2. The smallest absolute Gasteiger partial charge is 0.304 e. The van der Waals surface area contributed by atoms with Crippen LogP contribution < -0.4 is 4.74 Å². The lowest BCUT2D eigenvalue weighted by Crippen LogP contribution is -2.05. The first-order valence-electron chi connectivity index (χ1n) is 10.7. The summed E-state index contributed by atoms with van der Waals surface area (Å²) >= 11 is 0. The van der Waals surface area contributed by atoms with Gasteiger partial charge in [-0.15, -0.1) is 5.92 Å². The van der Waals surface area contributed by atoms with E-state index in [-0.39, 0.29) is 24.8 Å². The first-order chi connectivity index (χ1) is 16.0. The monoisotopic (exact) mass is 441 g/mol. The fourth-order valence-electron chi connectivity index (χ4n) is 3.84. The molecular weight excluding hydrogens is 417 g/mol. The zero-order valence-electron chi connectivity index (χ0n) is 18.3. The number of hydrogen-bond donors (Lipinski definition) is 1. The molecule has 0 aliphatic heterocycles. The Bertz CT molecular complexity index is 1310. The molecule has 0 saturated heterocycles. The predicted molar refractivity (Wildman–Crippen MR) is 127 cm³/mol. The van der Waals surface area contributed by atoms with Gasteiger partial charge in [-0.1, -0.05) is 48.4 Å².